The van der Waals surface area contributed by atoms with Crippen LogP contribution in [0.2, 0.25) is 0 Å². The Morgan fingerprint density at radius 1 is 1.04 bits per heavy atom. The van der Waals surface area contributed by atoms with E-state index < -0.39 is 23.4 Å². The number of hydrogen-bond acceptors (Lipinski definition) is 4. The van der Waals surface area contributed by atoms with Crippen molar-refractivity contribution in [3.63, 3.8) is 0 Å². The van der Waals surface area contributed by atoms with Crippen LogP contribution in [0.1, 0.15) is 17.5 Å². The summed E-state index contributed by atoms with van der Waals surface area (Å²) in [6, 6.07) is 5.71. The lowest BCUT2D eigenvalue weighted by molar-refractivity contribution is -0.117. The second kappa shape index (κ2) is 7.71. The van der Waals surface area contributed by atoms with Crippen LogP contribution in [0.5, 0.6) is 11.5 Å². The largest absolute Gasteiger partial charge is 0.490 e. The molecule has 0 spiro atoms. The number of carbonyl (C=O) groups excluding carboxylic acids is 1. The number of fused-ring (bicyclic) bond motifs is 2. The third-order valence-electron chi connectivity index (χ3n) is 4.84. The number of nitrogens with one attached hydrogen (secondary N) is 1. The van der Waals surface area contributed by atoms with Crippen molar-refractivity contribution >= 4 is 11.6 Å². The summed E-state index contributed by atoms with van der Waals surface area (Å²) < 4.78 is 51.4. The molecule has 1 amide bonds. The molecule has 0 radical (unpaired) electrons. The fourth-order valence-corrected chi connectivity index (χ4v) is 3.42. The maximum Gasteiger partial charge on any atom is 0.238 e. The van der Waals surface area contributed by atoms with Crippen molar-refractivity contribution in [3.05, 3.63) is 52.8 Å². The van der Waals surface area contributed by atoms with Gasteiger partial charge in [0.05, 0.1) is 25.4 Å². The van der Waals surface area contributed by atoms with E-state index in [0.29, 0.717) is 32.1 Å². The van der Waals surface area contributed by atoms with Gasteiger partial charge >= 0.3 is 0 Å². The lowest BCUT2D eigenvalue weighted by Gasteiger charge is -2.29. The first-order valence-electron chi connectivity index (χ1n) is 9.08. The molecule has 2 aromatic rings. The Balaban J connectivity index is 1.43. The van der Waals surface area contributed by atoms with Gasteiger partial charge < -0.3 is 14.8 Å². The van der Waals surface area contributed by atoms with Gasteiger partial charge in [-0.25, -0.2) is 13.2 Å². The molecule has 0 aliphatic carbocycles. The Labute approximate surface area is 160 Å². The predicted octanol–water partition coefficient (Wildman–Crippen LogP) is 3.26. The molecule has 1 N–H and O–H groups in total. The first-order valence-corrected chi connectivity index (χ1v) is 9.08. The van der Waals surface area contributed by atoms with Gasteiger partial charge in [-0.1, -0.05) is 0 Å². The first-order chi connectivity index (χ1) is 13.5. The molecule has 0 saturated heterocycles. The molecule has 0 saturated carbocycles. The van der Waals surface area contributed by atoms with Crippen molar-refractivity contribution in [1.82, 2.24) is 4.90 Å². The standard InChI is InChI=1S/C20H19F3N2O3/c21-14-2-3-15(20(23)19(14)22)24-18(26)11-25-5-4-12-8-16-17(9-13(12)10-25)28-7-1-6-27-16/h2-3,8-9H,1,4-7,10-11H2,(H,24,26). The molecular formula is C20H19F3N2O3. The van der Waals surface area contributed by atoms with Crippen molar-refractivity contribution in [3.8, 4) is 11.5 Å². The third-order valence-corrected chi connectivity index (χ3v) is 4.84. The van der Waals surface area contributed by atoms with E-state index in [4.69, 9.17) is 9.47 Å². The quantitative estimate of drug-likeness (QED) is 0.815. The van der Waals surface area contributed by atoms with Gasteiger partial charge in [0.1, 0.15) is 0 Å². The van der Waals surface area contributed by atoms with Gasteiger partial charge in [-0.15, -0.1) is 0 Å². The number of anilines is 1. The number of halogens is 3. The average Bonchev–Trinajstić information content (AvgIpc) is 2.91. The molecule has 0 bridgehead atoms. The van der Waals surface area contributed by atoms with E-state index in [1.165, 1.54) is 0 Å². The Kier molecular flexibility index (Phi) is 5.13. The first kappa shape index (κ1) is 18.6. The molecule has 2 aliphatic rings. The van der Waals surface area contributed by atoms with Crippen LogP contribution in [0.3, 0.4) is 0 Å². The number of hydrogen-bond donors (Lipinski definition) is 1. The lowest BCUT2D eigenvalue weighted by Crippen LogP contribution is -2.37. The van der Waals surface area contributed by atoms with Crippen molar-refractivity contribution in [2.45, 2.75) is 19.4 Å². The molecule has 28 heavy (non-hydrogen) atoms. The van der Waals surface area contributed by atoms with Crippen molar-refractivity contribution in [1.29, 1.82) is 0 Å². The Hall–Kier alpha value is -2.74. The maximum atomic E-state index is 13.7. The van der Waals surface area contributed by atoms with E-state index in [0.717, 1.165) is 41.9 Å². The van der Waals surface area contributed by atoms with Gasteiger partial charge in [-0.2, -0.15) is 0 Å². The average molecular weight is 392 g/mol. The molecule has 8 heteroatoms. The van der Waals surface area contributed by atoms with Gasteiger partial charge in [-0.3, -0.25) is 9.69 Å². The molecular weight excluding hydrogens is 373 g/mol. The number of amides is 1. The Bertz CT molecular complexity index is 920. The van der Waals surface area contributed by atoms with Crippen LogP contribution in [-0.4, -0.2) is 37.1 Å². The highest BCUT2D eigenvalue weighted by Gasteiger charge is 2.23. The maximum absolute atomic E-state index is 13.7. The number of benzene rings is 2. The van der Waals surface area contributed by atoms with E-state index in [1.54, 1.807) is 0 Å². The van der Waals surface area contributed by atoms with Crippen LogP contribution in [0.4, 0.5) is 18.9 Å². The minimum Gasteiger partial charge on any atom is -0.490 e. The van der Waals surface area contributed by atoms with E-state index in [1.807, 2.05) is 17.0 Å². The van der Waals surface area contributed by atoms with Crippen LogP contribution in [-0.2, 0) is 17.8 Å². The smallest absolute Gasteiger partial charge is 0.238 e. The summed E-state index contributed by atoms with van der Waals surface area (Å²) in [5.41, 5.74) is 1.81. The minimum absolute atomic E-state index is 0.00627. The molecule has 4 rings (SSSR count). The topological polar surface area (TPSA) is 50.8 Å². The fourth-order valence-electron chi connectivity index (χ4n) is 3.42. The number of nitrogens with zero attached hydrogens (tertiary/aromatic N) is 1. The van der Waals surface area contributed by atoms with Gasteiger partial charge in [0.2, 0.25) is 5.91 Å². The monoisotopic (exact) mass is 392 g/mol. The Morgan fingerprint density at radius 2 is 1.75 bits per heavy atom. The molecule has 0 atom stereocenters. The molecule has 0 unspecified atom stereocenters. The van der Waals surface area contributed by atoms with Crippen molar-refractivity contribution < 1.29 is 27.4 Å². The van der Waals surface area contributed by atoms with Crippen LogP contribution in [0.25, 0.3) is 0 Å². The zero-order valence-corrected chi connectivity index (χ0v) is 15.1. The van der Waals surface area contributed by atoms with E-state index in [2.05, 4.69) is 5.32 Å². The van der Waals surface area contributed by atoms with E-state index in [9.17, 15) is 18.0 Å². The summed E-state index contributed by atoms with van der Waals surface area (Å²) in [5.74, 6) is -3.36. The van der Waals surface area contributed by atoms with Crippen LogP contribution >= 0.6 is 0 Å². The second-order valence-corrected chi connectivity index (χ2v) is 6.85. The molecule has 2 aliphatic heterocycles. The second-order valence-electron chi connectivity index (χ2n) is 6.85. The summed E-state index contributed by atoms with van der Waals surface area (Å²) in [4.78, 5) is 14.1. The predicted molar refractivity (Wildman–Crippen MR) is 96.0 cm³/mol. The number of carbonyl (C=O) groups is 1. The zero-order chi connectivity index (χ0) is 19.7. The zero-order valence-electron chi connectivity index (χ0n) is 15.1. The fraction of sp³-hybridized carbons (Fsp3) is 0.350. The molecule has 148 valence electrons. The van der Waals surface area contributed by atoms with Crippen LogP contribution < -0.4 is 14.8 Å². The van der Waals surface area contributed by atoms with Gasteiger partial charge in [0.25, 0.3) is 0 Å². The summed E-state index contributed by atoms with van der Waals surface area (Å²) in [6.07, 6.45) is 1.56. The molecule has 2 aromatic carbocycles. The van der Waals surface area contributed by atoms with E-state index >= 15 is 0 Å². The number of ether oxygens (including phenoxy) is 2. The van der Waals surface area contributed by atoms with Crippen LogP contribution in [0.15, 0.2) is 24.3 Å². The van der Waals surface area contributed by atoms with Crippen molar-refractivity contribution in [2.75, 3.05) is 31.6 Å². The highest BCUT2D eigenvalue weighted by molar-refractivity contribution is 5.92. The van der Waals surface area contributed by atoms with Crippen molar-refractivity contribution in [2.24, 2.45) is 0 Å². The molecule has 2 heterocycles. The number of rotatable bonds is 3. The normalized spacial score (nSPS) is 16.2. The highest BCUT2D eigenvalue weighted by Crippen LogP contribution is 2.35. The molecule has 5 nitrogen and oxygen atoms in total. The highest BCUT2D eigenvalue weighted by atomic mass is 19.2. The summed E-state index contributed by atoms with van der Waals surface area (Å²) >= 11 is 0. The molecule has 0 aromatic heterocycles. The summed E-state index contributed by atoms with van der Waals surface area (Å²) in [5, 5.41) is 2.30. The summed E-state index contributed by atoms with van der Waals surface area (Å²) in [7, 11) is 0. The molecule has 0 fully saturated rings. The summed E-state index contributed by atoms with van der Waals surface area (Å²) in [6.45, 7) is 2.39. The Morgan fingerprint density at radius 3 is 2.50 bits per heavy atom. The lowest BCUT2D eigenvalue weighted by atomic mass is 9.99. The van der Waals surface area contributed by atoms with Gasteiger partial charge in [-0.05, 0) is 41.8 Å². The third kappa shape index (κ3) is 3.77. The SMILES string of the molecule is O=C(CN1CCc2cc3c(cc2C1)OCCCO3)Nc1ccc(F)c(F)c1F. The van der Waals surface area contributed by atoms with E-state index in [-0.39, 0.29) is 12.2 Å². The minimum atomic E-state index is -1.60. The van der Waals surface area contributed by atoms with Gasteiger partial charge in [0.15, 0.2) is 29.0 Å². The van der Waals surface area contributed by atoms with Gasteiger partial charge in [0, 0.05) is 19.5 Å². The van der Waals surface area contributed by atoms with Crippen LogP contribution in [0, 0.1) is 17.5 Å².